The smallest absolute Gasteiger partial charge is 0.411 e. The Balaban J connectivity index is 1.51. The van der Waals surface area contributed by atoms with Crippen molar-refractivity contribution in [1.29, 1.82) is 0 Å². The highest BCUT2D eigenvalue weighted by molar-refractivity contribution is 5.70. The Morgan fingerprint density at radius 3 is 2.42 bits per heavy atom. The highest BCUT2D eigenvalue weighted by atomic mass is 19.1. The number of aliphatic hydroxyl groups excluding tert-OH is 1. The van der Waals surface area contributed by atoms with Gasteiger partial charge in [-0.15, -0.1) is 0 Å². The van der Waals surface area contributed by atoms with Gasteiger partial charge in [0.15, 0.2) is 0 Å². The summed E-state index contributed by atoms with van der Waals surface area (Å²) in [5, 5.41) is 9.36. The van der Waals surface area contributed by atoms with Gasteiger partial charge in [-0.05, 0) is 48.6 Å². The lowest BCUT2D eigenvalue weighted by atomic mass is 9.84. The average molecular weight is 452 g/mol. The second-order valence-electron chi connectivity index (χ2n) is 8.42. The number of aliphatic hydroxyl groups is 1. The number of carbonyl (C=O) groups excluding carboxylic acids is 1. The van der Waals surface area contributed by atoms with E-state index in [1.165, 1.54) is 12.1 Å². The maximum atomic E-state index is 14.1. The van der Waals surface area contributed by atoms with Gasteiger partial charge < -0.3 is 14.7 Å². The van der Waals surface area contributed by atoms with Crippen molar-refractivity contribution in [1.82, 2.24) is 4.90 Å². The molecule has 1 heterocycles. The van der Waals surface area contributed by atoms with Crippen LogP contribution in [-0.4, -0.2) is 29.3 Å². The fourth-order valence-corrected chi connectivity index (χ4v) is 4.50. The number of hydrogen-bond donors (Lipinski definition) is 1. The van der Waals surface area contributed by atoms with Gasteiger partial charge in [0.25, 0.3) is 0 Å². The molecule has 172 valence electrons. The van der Waals surface area contributed by atoms with Gasteiger partial charge in [0, 0.05) is 31.2 Å². The van der Waals surface area contributed by atoms with Crippen molar-refractivity contribution < 1.29 is 23.4 Å². The normalized spacial score (nSPS) is 19.3. The molecule has 0 unspecified atom stereocenters. The fourth-order valence-electron chi connectivity index (χ4n) is 4.50. The predicted molar refractivity (Wildman–Crippen MR) is 122 cm³/mol. The average Bonchev–Trinajstić information content (AvgIpc) is 2.83. The maximum absolute atomic E-state index is 14.1. The summed E-state index contributed by atoms with van der Waals surface area (Å²) in [5.74, 6) is -1.23. The summed E-state index contributed by atoms with van der Waals surface area (Å²) in [6.45, 7) is 2.47. The third-order valence-electron chi connectivity index (χ3n) is 6.42. The lowest BCUT2D eigenvalue weighted by Crippen LogP contribution is -2.48. The van der Waals surface area contributed by atoms with Crippen LogP contribution in [0.3, 0.4) is 0 Å². The molecule has 1 amide bonds. The van der Waals surface area contributed by atoms with E-state index in [9.17, 15) is 18.7 Å². The predicted octanol–water partition coefficient (Wildman–Crippen LogP) is 6.20. The minimum atomic E-state index is -0.749. The van der Waals surface area contributed by atoms with Crippen molar-refractivity contribution in [3.05, 3.63) is 95.6 Å². The minimum absolute atomic E-state index is 0.0350. The zero-order chi connectivity index (χ0) is 23.4. The van der Waals surface area contributed by atoms with Gasteiger partial charge in [-0.3, -0.25) is 0 Å². The molecule has 0 spiro atoms. The molecule has 0 saturated carbocycles. The van der Waals surface area contributed by atoms with Crippen molar-refractivity contribution in [3.8, 4) is 11.1 Å². The van der Waals surface area contributed by atoms with Gasteiger partial charge in [0.05, 0.1) is 6.04 Å². The number of cyclic esters (lactones) is 1. The Morgan fingerprint density at radius 1 is 1.06 bits per heavy atom. The third-order valence-corrected chi connectivity index (χ3v) is 6.42. The quantitative estimate of drug-likeness (QED) is 0.465. The second-order valence-corrected chi connectivity index (χ2v) is 8.42. The van der Waals surface area contributed by atoms with E-state index in [1.54, 1.807) is 17.0 Å². The monoisotopic (exact) mass is 451 g/mol. The van der Waals surface area contributed by atoms with Crippen molar-refractivity contribution in [2.75, 3.05) is 13.2 Å². The standard InChI is InChI=1S/C27H27F2NO3/c1-19(20-8-10-21(11-9-20)24-13-12-23(28)18-25(24)29)30-16-15-27(14-5-17-31,33-26(30)32)22-6-3-2-4-7-22/h2-4,6-13,18-19,31H,5,14-17H2,1H3/t19-,27-/m0/s1. The summed E-state index contributed by atoms with van der Waals surface area (Å²) >= 11 is 0. The van der Waals surface area contributed by atoms with E-state index in [-0.39, 0.29) is 12.6 Å². The number of rotatable bonds is 7. The van der Waals surface area contributed by atoms with Gasteiger partial charge in [-0.25, -0.2) is 13.6 Å². The van der Waals surface area contributed by atoms with Crippen LogP contribution >= 0.6 is 0 Å². The number of halogens is 2. The molecule has 3 aromatic rings. The van der Waals surface area contributed by atoms with Gasteiger partial charge in [0.1, 0.15) is 17.2 Å². The summed E-state index contributed by atoms with van der Waals surface area (Å²) < 4.78 is 33.3. The molecule has 0 aromatic heterocycles. The van der Waals surface area contributed by atoms with Crippen molar-refractivity contribution in [2.24, 2.45) is 0 Å². The molecule has 1 aliphatic heterocycles. The lowest BCUT2D eigenvalue weighted by Gasteiger charge is -2.43. The number of carbonyl (C=O) groups is 1. The second kappa shape index (κ2) is 9.71. The summed E-state index contributed by atoms with van der Waals surface area (Å²) in [6.07, 6.45) is 1.31. The van der Waals surface area contributed by atoms with Crippen molar-refractivity contribution in [2.45, 2.75) is 37.8 Å². The molecule has 0 radical (unpaired) electrons. The molecule has 1 N–H and O–H groups in total. The number of amides is 1. The van der Waals surface area contributed by atoms with E-state index in [0.717, 1.165) is 17.2 Å². The van der Waals surface area contributed by atoms with Crippen LogP contribution < -0.4 is 0 Å². The van der Waals surface area contributed by atoms with E-state index in [1.807, 2.05) is 49.4 Å². The molecule has 4 nitrogen and oxygen atoms in total. The summed E-state index contributed by atoms with van der Waals surface area (Å²) in [5.41, 5.74) is 2.04. The van der Waals surface area contributed by atoms with E-state index >= 15 is 0 Å². The lowest BCUT2D eigenvalue weighted by molar-refractivity contribution is -0.0680. The number of ether oxygens (including phenoxy) is 1. The Morgan fingerprint density at radius 2 is 1.79 bits per heavy atom. The molecular weight excluding hydrogens is 424 g/mol. The number of benzene rings is 3. The van der Waals surface area contributed by atoms with Gasteiger partial charge in [-0.1, -0.05) is 54.6 Å². The molecule has 1 fully saturated rings. The zero-order valence-corrected chi connectivity index (χ0v) is 18.5. The molecule has 6 heteroatoms. The molecule has 0 bridgehead atoms. The maximum Gasteiger partial charge on any atom is 0.411 e. The van der Waals surface area contributed by atoms with Crippen LogP contribution in [0.4, 0.5) is 13.6 Å². The molecular formula is C27H27F2NO3. The first-order valence-electron chi connectivity index (χ1n) is 11.1. The minimum Gasteiger partial charge on any atom is -0.438 e. The molecule has 4 rings (SSSR count). The number of nitrogens with zero attached hydrogens (tertiary/aromatic N) is 1. The molecule has 33 heavy (non-hydrogen) atoms. The molecule has 1 aliphatic rings. The summed E-state index contributed by atoms with van der Waals surface area (Å²) in [7, 11) is 0. The summed E-state index contributed by atoms with van der Waals surface area (Å²) in [4.78, 5) is 14.8. The van der Waals surface area contributed by atoms with Gasteiger partial charge >= 0.3 is 6.09 Å². The largest absolute Gasteiger partial charge is 0.438 e. The highest BCUT2D eigenvalue weighted by Gasteiger charge is 2.43. The first kappa shape index (κ1) is 22.9. The van der Waals surface area contributed by atoms with E-state index in [4.69, 9.17) is 4.74 Å². The first-order chi connectivity index (χ1) is 15.9. The van der Waals surface area contributed by atoms with Crippen LogP contribution in [0.1, 0.15) is 43.4 Å². The molecule has 2 atom stereocenters. The van der Waals surface area contributed by atoms with Crippen LogP contribution in [0.15, 0.2) is 72.8 Å². The third kappa shape index (κ3) is 4.76. The molecule has 1 saturated heterocycles. The van der Waals surface area contributed by atoms with Crippen LogP contribution in [0, 0.1) is 11.6 Å². The fraction of sp³-hybridized carbons (Fsp3) is 0.296. The van der Waals surface area contributed by atoms with Crippen molar-refractivity contribution in [3.63, 3.8) is 0 Å². The highest BCUT2D eigenvalue weighted by Crippen LogP contribution is 2.40. The van der Waals surface area contributed by atoms with Gasteiger partial charge in [-0.2, -0.15) is 0 Å². The van der Waals surface area contributed by atoms with Crippen molar-refractivity contribution >= 4 is 6.09 Å². The van der Waals surface area contributed by atoms with Crippen LogP contribution in [0.2, 0.25) is 0 Å². The first-order valence-corrected chi connectivity index (χ1v) is 11.1. The topological polar surface area (TPSA) is 49.8 Å². The van der Waals surface area contributed by atoms with Gasteiger partial charge in [0.2, 0.25) is 0 Å². The zero-order valence-electron chi connectivity index (χ0n) is 18.5. The van der Waals surface area contributed by atoms with Crippen LogP contribution in [0.5, 0.6) is 0 Å². The SMILES string of the molecule is C[C@@H](c1ccc(-c2ccc(F)cc2F)cc1)N1CC[C@@](CCCO)(c2ccccc2)OC1=O. The Labute approximate surface area is 192 Å². The van der Waals surface area contributed by atoms with E-state index < -0.39 is 23.3 Å². The Hall–Kier alpha value is -3.25. The van der Waals surface area contributed by atoms with E-state index in [2.05, 4.69) is 0 Å². The molecule has 0 aliphatic carbocycles. The Bertz CT molecular complexity index is 1100. The molecule has 3 aromatic carbocycles. The van der Waals surface area contributed by atoms with Crippen LogP contribution in [-0.2, 0) is 10.3 Å². The van der Waals surface area contributed by atoms with Crippen LogP contribution in [0.25, 0.3) is 11.1 Å². The summed E-state index contributed by atoms with van der Waals surface area (Å²) in [6, 6.07) is 20.2. The van der Waals surface area contributed by atoms with E-state index in [0.29, 0.717) is 36.9 Å². The number of hydrogen-bond acceptors (Lipinski definition) is 3. The Kier molecular flexibility index (Phi) is 6.75.